The number of hydrogen-bond donors (Lipinski definition) is 0. The number of nitrogens with zero attached hydrogens (tertiary/aromatic N) is 7. The molecule has 0 fully saturated rings. The molecule has 0 spiro atoms. The molecule has 0 aliphatic heterocycles. The first-order valence-electron chi connectivity index (χ1n) is 41.7. The Morgan fingerprint density at radius 1 is 0.242 bits per heavy atom. The number of hydrogen-bond acceptors (Lipinski definition) is 4. The largest absolute Gasteiger partial charge is 0.309 e. The molecule has 6 aromatic heterocycles. The summed E-state index contributed by atoms with van der Waals surface area (Å²) in [6.45, 7) is 14.2. The quantitative estimate of drug-likeness (QED) is 0.159. The third-order valence-corrected chi connectivity index (χ3v) is 26.3. The van der Waals surface area contributed by atoms with Crippen LogP contribution < -0.4 is 0 Å². The molecule has 0 saturated heterocycles. The normalized spacial score (nSPS) is 13.6. The number of rotatable bonds is 7. The molecule has 0 bridgehead atoms. The highest BCUT2D eigenvalue weighted by atomic mass is 15.1. The van der Waals surface area contributed by atoms with Crippen LogP contribution in [0.2, 0.25) is 0 Å². The van der Waals surface area contributed by atoms with Gasteiger partial charge >= 0.3 is 0 Å². The first-order valence-corrected chi connectivity index (χ1v) is 41.7. The van der Waals surface area contributed by atoms with E-state index >= 15 is 0 Å². The molecule has 568 valence electrons. The third-order valence-electron chi connectivity index (χ3n) is 26.3. The van der Waals surface area contributed by atoms with Gasteiger partial charge in [-0.15, -0.1) is 0 Å². The van der Waals surface area contributed by atoms with Gasteiger partial charge in [0.05, 0.1) is 44.5 Å². The van der Waals surface area contributed by atoms with Crippen molar-refractivity contribution in [3.05, 3.63) is 416 Å². The monoisotopic (exact) mass is 1540 g/mol. The minimum atomic E-state index is -0.100. The van der Waals surface area contributed by atoms with Gasteiger partial charge in [-0.2, -0.15) is 0 Å². The van der Waals surface area contributed by atoms with Crippen molar-refractivity contribution in [1.29, 1.82) is 0 Å². The number of benzene rings is 16. The average molecular weight is 1540 g/mol. The summed E-state index contributed by atoms with van der Waals surface area (Å²) in [5.41, 5.74) is 33.1. The van der Waals surface area contributed by atoms with Crippen molar-refractivity contribution in [2.75, 3.05) is 0 Å². The lowest BCUT2D eigenvalue weighted by Crippen LogP contribution is -2.23. The van der Waals surface area contributed by atoms with E-state index in [1.54, 1.807) is 0 Å². The van der Waals surface area contributed by atoms with Crippen LogP contribution in [0.15, 0.2) is 383 Å². The van der Waals surface area contributed by atoms with E-state index in [0.717, 1.165) is 61.9 Å². The van der Waals surface area contributed by atoms with E-state index < -0.39 is 0 Å². The fourth-order valence-corrected chi connectivity index (χ4v) is 20.7. The van der Waals surface area contributed by atoms with E-state index in [-0.39, 0.29) is 16.2 Å². The Bertz CT molecular complexity index is 7590. The molecule has 0 N–H and O–H groups in total. The first kappa shape index (κ1) is 70.5. The van der Waals surface area contributed by atoms with Crippen LogP contribution in [0.4, 0.5) is 0 Å². The zero-order valence-electron chi connectivity index (χ0n) is 67.5. The summed E-state index contributed by atoms with van der Waals surface area (Å²) < 4.78 is 7.21. The third kappa shape index (κ3) is 10.7. The van der Waals surface area contributed by atoms with E-state index in [9.17, 15) is 0 Å². The Morgan fingerprint density at radius 3 is 1.06 bits per heavy atom. The van der Waals surface area contributed by atoms with Crippen molar-refractivity contribution in [3.8, 4) is 95.6 Å². The number of aromatic nitrogens is 7. The molecule has 120 heavy (non-hydrogen) atoms. The second-order valence-electron chi connectivity index (χ2n) is 33.9. The first-order chi connectivity index (χ1) is 58.8. The van der Waals surface area contributed by atoms with Crippen LogP contribution in [0.5, 0.6) is 0 Å². The van der Waals surface area contributed by atoms with E-state index in [4.69, 9.17) is 9.97 Å². The number of fused-ring (bicyclic) bond motifs is 18. The van der Waals surface area contributed by atoms with E-state index in [0.29, 0.717) is 5.82 Å². The zero-order valence-corrected chi connectivity index (χ0v) is 67.5. The smallest absolute Gasteiger partial charge is 0.162 e. The molecule has 0 unspecified atom stereocenters. The highest BCUT2D eigenvalue weighted by molar-refractivity contribution is 6.28. The van der Waals surface area contributed by atoms with Gasteiger partial charge in [-0.3, -0.25) is 14.5 Å². The van der Waals surface area contributed by atoms with E-state index in [2.05, 4.69) is 387 Å². The Balaban J connectivity index is 0.000000105. The Labute approximate surface area is 696 Å². The predicted molar refractivity (Wildman–Crippen MR) is 500 cm³/mol. The minimum Gasteiger partial charge on any atom is -0.309 e. The molecule has 3 aliphatic rings. The summed E-state index contributed by atoms with van der Waals surface area (Å²) >= 11 is 0. The van der Waals surface area contributed by atoms with Crippen molar-refractivity contribution in [2.24, 2.45) is 0 Å². The Morgan fingerprint density at radius 2 is 0.617 bits per heavy atom. The number of para-hydroxylation sites is 3. The van der Waals surface area contributed by atoms with Crippen LogP contribution in [-0.4, -0.2) is 33.6 Å². The van der Waals surface area contributed by atoms with Crippen molar-refractivity contribution in [1.82, 2.24) is 33.6 Å². The summed E-state index contributed by atoms with van der Waals surface area (Å²) in [4.78, 5) is 19.2. The van der Waals surface area contributed by atoms with Gasteiger partial charge in [0.15, 0.2) is 5.82 Å². The second-order valence-corrected chi connectivity index (χ2v) is 33.9. The zero-order chi connectivity index (χ0) is 80.3. The van der Waals surface area contributed by atoms with Crippen LogP contribution in [0.1, 0.15) is 74.9 Å². The van der Waals surface area contributed by atoms with Crippen LogP contribution in [0.25, 0.3) is 193 Å². The fraction of sp³-hybridized carbons (Fsp3) is 0.0796. The van der Waals surface area contributed by atoms with Gasteiger partial charge in [0.2, 0.25) is 0 Å². The summed E-state index contributed by atoms with van der Waals surface area (Å²) in [6.07, 6.45) is 5.58. The second kappa shape index (κ2) is 27.1. The van der Waals surface area contributed by atoms with Gasteiger partial charge in [-0.1, -0.05) is 321 Å². The maximum absolute atomic E-state index is 5.26. The molecular weight excluding hydrogens is 1460 g/mol. The molecule has 16 aromatic carbocycles. The van der Waals surface area contributed by atoms with Crippen LogP contribution in [0, 0.1) is 0 Å². The summed E-state index contributed by atoms with van der Waals surface area (Å²) in [5.74, 6) is 1.57. The highest BCUT2D eigenvalue weighted by Gasteiger charge is 2.39. The van der Waals surface area contributed by atoms with Gasteiger partial charge in [-0.25, -0.2) is 9.97 Å². The standard InChI is InChI=1S/C41H29N3.2C36H26N2/c1-41(2)31-21-11-9-19-29(31)39-37-28(18-13-22-32(37)41)24-35-38(39)30-20-10-12-23-34(30)44(35)36-25-33(26-14-5-3-6-15-26)42-40(43-36)27-16-7-4-8-17-27;1-36(2)29-13-5-3-11-27(29)35-33-24(9-7-14-30(33)36)21-32-34(35)28-12-4-6-15-31(28)38(32)26-18-16-23(17-19-26)25-10-8-20-37-22-25;1-36(2)28-13-5-3-11-26(28)35-33-24(10-9-14-29(33)36)22-32-34(35)27-12-4-6-16-31(27)38(32)25-19-17-23(18-20-25)30-15-7-8-21-37-30/h3-25H,1-2H3;2*3-22H,1-2H3. The average Bonchev–Trinajstić information content (AvgIpc) is 1.45. The van der Waals surface area contributed by atoms with Gasteiger partial charge < -0.3 is 9.13 Å². The molecule has 7 nitrogen and oxygen atoms in total. The molecule has 0 saturated carbocycles. The molecule has 22 aromatic rings. The van der Waals surface area contributed by atoms with E-state index in [1.165, 1.54) is 159 Å². The van der Waals surface area contributed by atoms with Gasteiger partial charge in [0.25, 0.3) is 0 Å². The molecule has 0 atom stereocenters. The summed E-state index contributed by atoms with van der Waals surface area (Å²) in [7, 11) is 0. The predicted octanol–water partition coefficient (Wildman–Crippen LogP) is 29.0. The summed E-state index contributed by atoms with van der Waals surface area (Å²) in [6, 6.07) is 132. The van der Waals surface area contributed by atoms with Crippen molar-refractivity contribution < 1.29 is 0 Å². The molecular formula is C113H81N7. The summed E-state index contributed by atoms with van der Waals surface area (Å²) in [5, 5.41) is 15.7. The van der Waals surface area contributed by atoms with Gasteiger partial charge in [0, 0.05) is 118 Å². The fourth-order valence-electron chi connectivity index (χ4n) is 20.7. The van der Waals surface area contributed by atoms with E-state index in [1.807, 2.05) is 61.1 Å². The van der Waals surface area contributed by atoms with Crippen LogP contribution in [-0.2, 0) is 16.2 Å². The molecule has 0 amide bonds. The van der Waals surface area contributed by atoms with Gasteiger partial charge in [-0.05, 0) is 172 Å². The van der Waals surface area contributed by atoms with Crippen molar-refractivity contribution in [2.45, 2.75) is 57.8 Å². The van der Waals surface area contributed by atoms with Crippen molar-refractivity contribution in [3.63, 3.8) is 0 Å². The SMILES string of the molecule is CC1(C)c2ccccc2-c2c3c1cccc3cc1c2c2ccccc2n1-c1cc(-c2ccccc2)nc(-c2ccccc2)n1.CC1(C)c2ccccc2-c2c3c1cccc3cc1c2c2ccccc2n1-c1ccc(-c2ccccn2)cc1.CC1(C)c2ccccc2-c2c3c1cccc3cc1c2c2ccccc2n1-c1ccc(-c2cccnc2)cc1. The maximum Gasteiger partial charge on any atom is 0.162 e. The lowest BCUT2D eigenvalue weighted by molar-refractivity contribution is 0.645. The Kier molecular flexibility index (Phi) is 15.9. The molecule has 3 aliphatic carbocycles. The Hall–Kier alpha value is -14.9. The lowest BCUT2D eigenvalue weighted by Gasteiger charge is -2.35. The number of pyridine rings is 2. The van der Waals surface area contributed by atoms with Crippen LogP contribution in [0.3, 0.4) is 0 Å². The molecule has 25 rings (SSSR count). The lowest BCUT2D eigenvalue weighted by atomic mass is 9.68. The molecule has 0 radical (unpaired) electrons. The minimum absolute atomic E-state index is 0.0583. The topological polar surface area (TPSA) is 66.3 Å². The van der Waals surface area contributed by atoms with Gasteiger partial charge in [0.1, 0.15) is 5.82 Å². The molecule has 7 heteroatoms. The van der Waals surface area contributed by atoms with Crippen molar-refractivity contribution >= 4 is 97.7 Å². The van der Waals surface area contributed by atoms with Crippen LogP contribution >= 0.6 is 0 Å². The maximum atomic E-state index is 5.26. The molecule has 6 heterocycles. The highest BCUT2D eigenvalue weighted by Crippen LogP contribution is 2.57.